The molecule has 0 unspecified atom stereocenters. The first-order valence-corrected chi connectivity index (χ1v) is 8.58. The van der Waals surface area contributed by atoms with Gasteiger partial charge in [0.15, 0.2) is 0 Å². The van der Waals surface area contributed by atoms with E-state index in [-0.39, 0.29) is 5.69 Å². The zero-order chi connectivity index (χ0) is 20.1. The fourth-order valence-electron chi connectivity index (χ4n) is 3.27. The summed E-state index contributed by atoms with van der Waals surface area (Å²) in [4.78, 5) is 25.7. The fourth-order valence-corrected chi connectivity index (χ4v) is 3.27. The molecular formula is C20H11F2N5O2. The normalized spacial score (nSPS) is 11.4. The van der Waals surface area contributed by atoms with Crippen molar-refractivity contribution in [3.63, 3.8) is 0 Å². The topological polar surface area (TPSA) is 100 Å². The predicted octanol–water partition coefficient (Wildman–Crippen LogP) is 4.96. The van der Waals surface area contributed by atoms with Gasteiger partial charge in [0, 0.05) is 23.3 Å². The molecule has 0 bridgehead atoms. The molecule has 0 aliphatic rings. The van der Waals surface area contributed by atoms with Crippen molar-refractivity contribution in [3.8, 4) is 22.8 Å². The summed E-state index contributed by atoms with van der Waals surface area (Å²) in [5, 5.41) is 11.3. The molecule has 0 amide bonds. The van der Waals surface area contributed by atoms with Crippen LogP contribution in [0.1, 0.15) is 0 Å². The standard InChI is InChI=1S/C20H11F2N5O2/c21-10-1-5-15-17(7-10)25-19(23-15)13-4-3-12(27(28)29)9-14(13)20-24-16-6-2-11(22)8-18(16)26-20/h1-9H,(H,23,25)(H,24,26). The Balaban J connectivity index is 1.75. The monoisotopic (exact) mass is 391 g/mol. The van der Waals surface area contributed by atoms with E-state index in [1.54, 1.807) is 12.1 Å². The molecular weight excluding hydrogens is 380 g/mol. The number of non-ortho nitro benzene ring substituents is 1. The Morgan fingerprint density at radius 3 is 1.86 bits per heavy atom. The van der Waals surface area contributed by atoms with Gasteiger partial charge in [-0.3, -0.25) is 10.1 Å². The molecule has 5 rings (SSSR count). The van der Waals surface area contributed by atoms with Crippen molar-refractivity contribution in [1.29, 1.82) is 0 Å². The number of fused-ring (bicyclic) bond motifs is 2. The second-order valence-corrected chi connectivity index (χ2v) is 6.48. The number of rotatable bonds is 3. The maximum atomic E-state index is 13.5. The minimum Gasteiger partial charge on any atom is -0.338 e. The Hall–Kier alpha value is -4.14. The van der Waals surface area contributed by atoms with Crippen molar-refractivity contribution >= 4 is 27.8 Å². The third-order valence-electron chi connectivity index (χ3n) is 4.61. The van der Waals surface area contributed by atoms with Crippen LogP contribution < -0.4 is 0 Å². The van der Waals surface area contributed by atoms with Gasteiger partial charge in [-0.15, -0.1) is 0 Å². The van der Waals surface area contributed by atoms with E-state index >= 15 is 0 Å². The molecule has 0 spiro atoms. The van der Waals surface area contributed by atoms with Crippen LogP contribution in [0.25, 0.3) is 44.8 Å². The van der Waals surface area contributed by atoms with Crippen molar-refractivity contribution in [2.45, 2.75) is 0 Å². The molecule has 0 aliphatic heterocycles. The Kier molecular flexibility index (Phi) is 3.63. The lowest BCUT2D eigenvalue weighted by Crippen LogP contribution is -1.93. The smallest absolute Gasteiger partial charge is 0.270 e. The number of H-pyrrole nitrogens is 2. The van der Waals surface area contributed by atoms with E-state index in [2.05, 4.69) is 19.9 Å². The summed E-state index contributed by atoms with van der Waals surface area (Å²) < 4.78 is 27.0. The molecule has 5 aromatic rings. The number of hydrogen-bond donors (Lipinski definition) is 2. The van der Waals surface area contributed by atoms with Gasteiger partial charge in [-0.2, -0.15) is 0 Å². The van der Waals surface area contributed by atoms with Gasteiger partial charge in [0.25, 0.3) is 5.69 Å². The SMILES string of the molecule is O=[N+]([O-])c1ccc(-c2nc3ccc(F)cc3[nH]2)c(-c2nc3ccc(F)cc3[nH]2)c1. The van der Waals surface area contributed by atoms with Crippen molar-refractivity contribution in [3.05, 3.63) is 76.3 Å². The van der Waals surface area contributed by atoms with Gasteiger partial charge in [-0.25, -0.2) is 18.7 Å². The van der Waals surface area contributed by atoms with E-state index in [9.17, 15) is 18.9 Å². The number of aromatic nitrogens is 4. The molecule has 9 heteroatoms. The van der Waals surface area contributed by atoms with E-state index in [1.807, 2.05) is 0 Å². The van der Waals surface area contributed by atoms with E-state index in [0.29, 0.717) is 44.8 Å². The van der Waals surface area contributed by atoms with Crippen molar-refractivity contribution in [2.75, 3.05) is 0 Å². The summed E-state index contributed by atoms with van der Waals surface area (Å²) in [5.74, 6) is -0.0970. The number of aromatic amines is 2. The van der Waals surface area contributed by atoms with Crippen LogP contribution in [0.4, 0.5) is 14.5 Å². The molecule has 29 heavy (non-hydrogen) atoms. The summed E-state index contributed by atoms with van der Waals surface area (Å²) >= 11 is 0. The first-order valence-electron chi connectivity index (χ1n) is 8.58. The molecule has 7 nitrogen and oxygen atoms in total. The number of nitro groups is 1. The van der Waals surface area contributed by atoms with Gasteiger partial charge in [-0.1, -0.05) is 0 Å². The fraction of sp³-hybridized carbons (Fsp3) is 0. The second-order valence-electron chi connectivity index (χ2n) is 6.48. The van der Waals surface area contributed by atoms with Gasteiger partial charge in [0.1, 0.15) is 23.3 Å². The summed E-state index contributed by atoms with van der Waals surface area (Å²) in [5.41, 5.74) is 2.85. The van der Waals surface area contributed by atoms with Crippen LogP contribution in [0.5, 0.6) is 0 Å². The van der Waals surface area contributed by atoms with Crippen LogP contribution in [0.2, 0.25) is 0 Å². The van der Waals surface area contributed by atoms with E-state index in [4.69, 9.17) is 0 Å². The number of imidazole rings is 2. The minimum atomic E-state index is -0.510. The van der Waals surface area contributed by atoms with Gasteiger partial charge in [0.2, 0.25) is 0 Å². The molecule has 142 valence electrons. The lowest BCUT2D eigenvalue weighted by Gasteiger charge is -2.05. The van der Waals surface area contributed by atoms with Crippen LogP contribution in [0.15, 0.2) is 54.6 Å². The summed E-state index contributed by atoms with van der Waals surface area (Å²) in [6.07, 6.45) is 0. The van der Waals surface area contributed by atoms with Crippen LogP contribution in [-0.2, 0) is 0 Å². The van der Waals surface area contributed by atoms with Crippen molar-refractivity contribution in [2.24, 2.45) is 0 Å². The van der Waals surface area contributed by atoms with E-state index < -0.39 is 16.6 Å². The number of hydrogen-bond acceptors (Lipinski definition) is 4. The van der Waals surface area contributed by atoms with Crippen LogP contribution in [0.3, 0.4) is 0 Å². The maximum Gasteiger partial charge on any atom is 0.270 e. The highest BCUT2D eigenvalue weighted by molar-refractivity contribution is 5.88. The third kappa shape index (κ3) is 2.89. The third-order valence-corrected chi connectivity index (χ3v) is 4.61. The average molecular weight is 391 g/mol. The highest BCUT2D eigenvalue weighted by atomic mass is 19.1. The Morgan fingerprint density at radius 1 is 0.759 bits per heavy atom. The molecule has 2 N–H and O–H groups in total. The van der Waals surface area contributed by atoms with Gasteiger partial charge < -0.3 is 9.97 Å². The molecule has 0 aliphatic carbocycles. The first-order chi connectivity index (χ1) is 14.0. The van der Waals surface area contributed by atoms with Crippen LogP contribution >= 0.6 is 0 Å². The highest BCUT2D eigenvalue weighted by Crippen LogP contribution is 2.34. The predicted molar refractivity (Wildman–Crippen MR) is 103 cm³/mol. The van der Waals surface area contributed by atoms with Gasteiger partial charge in [0.05, 0.1) is 27.0 Å². The Bertz CT molecular complexity index is 1420. The minimum absolute atomic E-state index is 0.127. The summed E-state index contributed by atoms with van der Waals surface area (Å²) in [6.45, 7) is 0. The zero-order valence-electron chi connectivity index (χ0n) is 14.6. The van der Waals surface area contributed by atoms with E-state index in [0.717, 1.165) is 0 Å². The zero-order valence-corrected chi connectivity index (χ0v) is 14.6. The largest absolute Gasteiger partial charge is 0.338 e. The quantitative estimate of drug-likeness (QED) is 0.335. The molecule has 0 saturated heterocycles. The van der Waals surface area contributed by atoms with Crippen molar-refractivity contribution < 1.29 is 13.7 Å². The summed E-state index contributed by atoms with van der Waals surface area (Å²) in [7, 11) is 0. The Morgan fingerprint density at radius 2 is 1.31 bits per heavy atom. The van der Waals surface area contributed by atoms with Crippen LogP contribution in [0, 0.1) is 21.7 Å². The van der Waals surface area contributed by atoms with Crippen LogP contribution in [-0.4, -0.2) is 24.9 Å². The molecule has 3 aromatic carbocycles. The lowest BCUT2D eigenvalue weighted by atomic mass is 10.1. The number of benzene rings is 3. The molecule has 0 fully saturated rings. The number of halogens is 2. The molecule has 0 radical (unpaired) electrons. The molecule has 2 heterocycles. The number of nitrogens with one attached hydrogen (secondary N) is 2. The lowest BCUT2D eigenvalue weighted by molar-refractivity contribution is -0.384. The van der Waals surface area contributed by atoms with Gasteiger partial charge in [-0.05, 0) is 42.5 Å². The average Bonchev–Trinajstić information content (AvgIpc) is 3.30. The van der Waals surface area contributed by atoms with Crippen molar-refractivity contribution in [1.82, 2.24) is 19.9 Å². The maximum absolute atomic E-state index is 13.5. The Labute approximate surface area is 161 Å². The number of nitro benzene ring substituents is 1. The number of nitrogens with zero attached hydrogens (tertiary/aromatic N) is 3. The van der Waals surface area contributed by atoms with Gasteiger partial charge >= 0.3 is 0 Å². The molecule has 2 aromatic heterocycles. The first kappa shape index (κ1) is 17.0. The summed E-state index contributed by atoms with van der Waals surface area (Å²) in [6, 6.07) is 12.5. The second kappa shape index (κ2) is 6.20. The van der Waals surface area contributed by atoms with E-state index in [1.165, 1.54) is 42.5 Å². The molecule has 0 saturated carbocycles. The highest BCUT2D eigenvalue weighted by Gasteiger charge is 2.19. The molecule has 0 atom stereocenters.